The molecule has 0 atom stereocenters. The number of nitrogens with zero attached hydrogens (tertiary/aromatic N) is 1. The Hall–Kier alpha value is -2.42. The van der Waals surface area contributed by atoms with Crippen molar-refractivity contribution in [1.82, 2.24) is 4.31 Å². The molecule has 0 radical (unpaired) electrons. The van der Waals surface area contributed by atoms with Crippen LogP contribution in [-0.2, 0) is 30.9 Å². The number of rotatable bonds is 9. The summed E-state index contributed by atoms with van der Waals surface area (Å²) in [5.41, 5.74) is 0.633. The van der Waals surface area contributed by atoms with E-state index in [2.05, 4.69) is 0 Å². The van der Waals surface area contributed by atoms with E-state index in [0.717, 1.165) is 5.75 Å². The number of benzene rings is 2. The maximum Gasteiger partial charge on any atom is 0.306 e. The Kier molecular flexibility index (Phi) is 7.62. The van der Waals surface area contributed by atoms with Crippen molar-refractivity contribution in [2.24, 2.45) is 0 Å². The summed E-state index contributed by atoms with van der Waals surface area (Å²) >= 11 is 0. The predicted octanol–water partition coefficient (Wildman–Crippen LogP) is 2.61. The van der Waals surface area contributed by atoms with E-state index in [1.165, 1.54) is 4.31 Å². The van der Waals surface area contributed by atoms with Gasteiger partial charge in [-0.2, -0.15) is 4.31 Å². The average molecular weight is 419 g/mol. The lowest BCUT2D eigenvalue weighted by Gasteiger charge is -2.26. The Morgan fingerprint density at radius 3 is 2.55 bits per heavy atom. The van der Waals surface area contributed by atoms with Gasteiger partial charge < -0.3 is 14.2 Å². The van der Waals surface area contributed by atoms with Gasteiger partial charge in [-0.15, -0.1) is 0 Å². The van der Waals surface area contributed by atoms with Crippen molar-refractivity contribution < 1.29 is 27.4 Å². The molecule has 8 heteroatoms. The summed E-state index contributed by atoms with van der Waals surface area (Å²) in [5.74, 6) is 0.419. The summed E-state index contributed by atoms with van der Waals surface area (Å²) in [7, 11) is -3.57. The van der Waals surface area contributed by atoms with Gasteiger partial charge >= 0.3 is 5.97 Å². The van der Waals surface area contributed by atoms with Crippen LogP contribution in [0.3, 0.4) is 0 Å². The van der Waals surface area contributed by atoms with Gasteiger partial charge in [0.25, 0.3) is 0 Å². The molecule has 1 aliphatic rings. The molecule has 1 heterocycles. The van der Waals surface area contributed by atoms with Crippen LogP contribution >= 0.6 is 0 Å². The summed E-state index contributed by atoms with van der Waals surface area (Å²) in [5, 5.41) is 0. The van der Waals surface area contributed by atoms with E-state index in [9.17, 15) is 13.2 Å². The zero-order valence-electron chi connectivity index (χ0n) is 16.2. The standard InChI is InChI=1S/C21H25NO6S/c23-21(10-5-13-27-19-7-2-1-3-8-19)28-17-18-6-4-9-20(16-18)29(24,25)22-11-14-26-15-12-22/h1-4,6-9,16H,5,10-15,17H2. The molecular formula is C21H25NO6S. The molecule has 0 saturated carbocycles. The van der Waals surface area contributed by atoms with Gasteiger partial charge in [0.1, 0.15) is 12.4 Å². The molecule has 29 heavy (non-hydrogen) atoms. The summed E-state index contributed by atoms with van der Waals surface area (Å²) in [6.45, 7) is 1.92. The first-order valence-electron chi connectivity index (χ1n) is 9.56. The largest absolute Gasteiger partial charge is 0.494 e. The molecule has 0 unspecified atom stereocenters. The second-order valence-corrected chi connectivity index (χ2v) is 8.53. The number of sulfonamides is 1. The first-order valence-corrected chi connectivity index (χ1v) is 11.0. The SMILES string of the molecule is O=C(CCCOc1ccccc1)OCc1cccc(S(=O)(=O)N2CCOCC2)c1. The van der Waals surface area contributed by atoms with E-state index in [4.69, 9.17) is 14.2 Å². The molecule has 0 N–H and O–H groups in total. The second kappa shape index (κ2) is 10.4. The zero-order valence-corrected chi connectivity index (χ0v) is 17.0. The molecule has 3 rings (SSSR count). The number of morpholine rings is 1. The Bertz CT molecular complexity index is 894. The second-order valence-electron chi connectivity index (χ2n) is 6.59. The van der Waals surface area contributed by atoms with E-state index >= 15 is 0 Å². The summed E-state index contributed by atoms with van der Waals surface area (Å²) in [6.07, 6.45) is 0.776. The van der Waals surface area contributed by atoms with Crippen LogP contribution in [0.5, 0.6) is 5.75 Å². The minimum atomic E-state index is -3.57. The average Bonchev–Trinajstić information content (AvgIpc) is 2.77. The maximum atomic E-state index is 12.7. The summed E-state index contributed by atoms with van der Waals surface area (Å²) in [6, 6.07) is 15.9. The van der Waals surface area contributed by atoms with Crippen LogP contribution in [0.25, 0.3) is 0 Å². The van der Waals surface area contributed by atoms with Crippen molar-refractivity contribution in [1.29, 1.82) is 0 Å². The minimum Gasteiger partial charge on any atom is -0.494 e. The molecule has 0 amide bonds. The molecule has 0 spiro atoms. The normalized spacial score (nSPS) is 15.0. The fourth-order valence-electron chi connectivity index (χ4n) is 2.89. The lowest BCUT2D eigenvalue weighted by Crippen LogP contribution is -2.40. The number of hydrogen-bond acceptors (Lipinski definition) is 6. The highest BCUT2D eigenvalue weighted by atomic mass is 32.2. The van der Waals surface area contributed by atoms with Crippen LogP contribution in [0.2, 0.25) is 0 Å². The van der Waals surface area contributed by atoms with E-state index in [1.54, 1.807) is 24.3 Å². The highest BCUT2D eigenvalue weighted by Gasteiger charge is 2.26. The summed E-state index contributed by atoms with van der Waals surface area (Å²) < 4.78 is 42.9. The third kappa shape index (κ3) is 6.28. The lowest BCUT2D eigenvalue weighted by molar-refractivity contribution is -0.145. The molecule has 7 nitrogen and oxygen atoms in total. The highest BCUT2D eigenvalue weighted by molar-refractivity contribution is 7.89. The van der Waals surface area contributed by atoms with Crippen molar-refractivity contribution in [2.75, 3.05) is 32.9 Å². The fourth-order valence-corrected chi connectivity index (χ4v) is 4.37. The van der Waals surface area contributed by atoms with Gasteiger partial charge in [-0.1, -0.05) is 30.3 Å². The Morgan fingerprint density at radius 1 is 1.03 bits per heavy atom. The molecule has 1 saturated heterocycles. The monoisotopic (exact) mass is 419 g/mol. The predicted molar refractivity (Wildman–Crippen MR) is 107 cm³/mol. The van der Waals surface area contributed by atoms with Gasteiger partial charge in [0, 0.05) is 19.5 Å². The smallest absolute Gasteiger partial charge is 0.306 e. The van der Waals surface area contributed by atoms with Crippen molar-refractivity contribution in [3.05, 3.63) is 60.2 Å². The van der Waals surface area contributed by atoms with Crippen LogP contribution in [-0.4, -0.2) is 51.6 Å². The van der Waals surface area contributed by atoms with Gasteiger partial charge in [-0.25, -0.2) is 8.42 Å². The molecule has 2 aromatic carbocycles. The van der Waals surface area contributed by atoms with Gasteiger partial charge in [-0.3, -0.25) is 4.79 Å². The number of carbonyl (C=O) groups excluding carboxylic acids is 1. The van der Waals surface area contributed by atoms with E-state index in [1.807, 2.05) is 30.3 Å². The Morgan fingerprint density at radius 2 is 1.79 bits per heavy atom. The first-order chi connectivity index (χ1) is 14.1. The Balaban J connectivity index is 1.45. The topological polar surface area (TPSA) is 82.1 Å². The van der Waals surface area contributed by atoms with Crippen LogP contribution < -0.4 is 4.74 Å². The van der Waals surface area contributed by atoms with Crippen molar-refractivity contribution in [3.8, 4) is 5.75 Å². The molecule has 0 aromatic heterocycles. The number of ether oxygens (including phenoxy) is 3. The van der Waals surface area contributed by atoms with E-state index in [-0.39, 0.29) is 23.9 Å². The van der Waals surface area contributed by atoms with Crippen molar-refractivity contribution in [3.63, 3.8) is 0 Å². The van der Waals surface area contributed by atoms with Gasteiger partial charge in [0.05, 0.1) is 24.7 Å². The van der Waals surface area contributed by atoms with Gasteiger partial charge in [-0.05, 0) is 36.2 Å². The van der Waals surface area contributed by atoms with Crippen LogP contribution in [0.4, 0.5) is 0 Å². The quantitative estimate of drug-likeness (QED) is 0.459. The Labute approximate surface area is 171 Å². The molecule has 1 fully saturated rings. The van der Waals surface area contributed by atoms with Crippen molar-refractivity contribution in [2.45, 2.75) is 24.3 Å². The third-order valence-corrected chi connectivity index (χ3v) is 6.34. The maximum absolute atomic E-state index is 12.7. The zero-order chi connectivity index (χ0) is 20.5. The molecule has 2 aromatic rings. The number of para-hydroxylation sites is 1. The number of carbonyl (C=O) groups is 1. The van der Waals surface area contributed by atoms with E-state index < -0.39 is 10.0 Å². The van der Waals surface area contributed by atoms with Crippen LogP contribution in [0.1, 0.15) is 18.4 Å². The number of hydrogen-bond donors (Lipinski definition) is 0. The first kappa shape index (κ1) is 21.3. The molecular weight excluding hydrogens is 394 g/mol. The highest BCUT2D eigenvalue weighted by Crippen LogP contribution is 2.19. The van der Waals surface area contributed by atoms with Gasteiger partial charge in [0.15, 0.2) is 0 Å². The van der Waals surface area contributed by atoms with Crippen molar-refractivity contribution >= 4 is 16.0 Å². The molecule has 0 aliphatic carbocycles. The fraction of sp³-hybridized carbons (Fsp3) is 0.381. The van der Waals surface area contributed by atoms with Gasteiger partial charge in [0.2, 0.25) is 10.0 Å². The van der Waals surface area contributed by atoms with Crippen LogP contribution in [0, 0.1) is 0 Å². The molecule has 1 aliphatic heterocycles. The minimum absolute atomic E-state index is 0.0326. The summed E-state index contributed by atoms with van der Waals surface area (Å²) in [4.78, 5) is 12.1. The third-order valence-electron chi connectivity index (χ3n) is 4.44. The number of esters is 1. The molecule has 156 valence electrons. The molecule has 0 bridgehead atoms. The lowest BCUT2D eigenvalue weighted by atomic mass is 10.2. The van der Waals surface area contributed by atoms with Crippen LogP contribution in [0.15, 0.2) is 59.5 Å². The van der Waals surface area contributed by atoms with E-state index in [0.29, 0.717) is 44.9 Å².